The Hall–Kier alpha value is -2.17. The van der Waals surface area contributed by atoms with Gasteiger partial charge in [-0.1, -0.05) is 19.1 Å². The molecule has 5 heteroatoms. The van der Waals surface area contributed by atoms with Gasteiger partial charge < -0.3 is 9.67 Å². The second-order valence-electron chi connectivity index (χ2n) is 4.60. The molecule has 0 saturated heterocycles. The lowest BCUT2D eigenvalue weighted by Crippen LogP contribution is -2.08. The molecule has 0 spiro atoms. The summed E-state index contributed by atoms with van der Waals surface area (Å²) in [6.07, 6.45) is 2.59. The monoisotopic (exact) mass is 259 g/mol. The Morgan fingerprint density at radius 3 is 2.63 bits per heavy atom. The van der Waals surface area contributed by atoms with Gasteiger partial charge in [0.05, 0.1) is 5.56 Å². The first kappa shape index (κ1) is 13.3. The van der Waals surface area contributed by atoms with Gasteiger partial charge in [0.1, 0.15) is 6.33 Å². The fraction of sp³-hybridized carbons (Fsp3) is 0.357. The highest BCUT2D eigenvalue weighted by Gasteiger charge is 2.20. The topological polar surface area (TPSA) is 68.0 Å². The van der Waals surface area contributed by atoms with Crippen molar-refractivity contribution in [3.05, 3.63) is 35.2 Å². The van der Waals surface area contributed by atoms with Gasteiger partial charge in [0.25, 0.3) is 0 Å². The van der Waals surface area contributed by atoms with E-state index in [2.05, 4.69) is 17.1 Å². The molecule has 0 aliphatic heterocycles. The molecule has 1 heterocycles. The van der Waals surface area contributed by atoms with Gasteiger partial charge in [0.2, 0.25) is 0 Å². The van der Waals surface area contributed by atoms with Crippen LogP contribution in [0.3, 0.4) is 0 Å². The van der Waals surface area contributed by atoms with E-state index >= 15 is 0 Å². The zero-order chi connectivity index (χ0) is 14.0. The maximum Gasteiger partial charge on any atom is 0.336 e. The van der Waals surface area contributed by atoms with Crippen LogP contribution >= 0.6 is 0 Å². The van der Waals surface area contributed by atoms with Gasteiger partial charge in [-0.25, -0.2) is 4.79 Å². The molecular formula is C14H17N3O2. The van der Waals surface area contributed by atoms with E-state index in [1.165, 1.54) is 0 Å². The first-order valence-electron chi connectivity index (χ1n) is 6.28. The van der Waals surface area contributed by atoms with E-state index in [-0.39, 0.29) is 0 Å². The highest BCUT2D eigenvalue weighted by molar-refractivity contribution is 5.97. The van der Waals surface area contributed by atoms with Crippen LogP contribution in [0.15, 0.2) is 18.5 Å². The molecule has 0 aliphatic carbocycles. The Morgan fingerprint density at radius 2 is 2.00 bits per heavy atom. The van der Waals surface area contributed by atoms with Gasteiger partial charge in [-0.15, -0.1) is 10.2 Å². The molecular weight excluding hydrogens is 242 g/mol. The second kappa shape index (κ2) is 5.22. The van der Waals surface area contributed by atoms with Crippen molar-refractivity contribution in [3.8, 4) is 11.4 Å². The van der Waals surface area contributed by atoms with Crippen molar-refractivity contribution in [1.29, 1.82) is 0 Å². The summed E-state index contributed by atoms with van der Waals surface area (Å²) >= 11 is 0. The highest BCUT2D eigenvalue weighted by atomic mass is 16.4. The van der Waals surface area contributed by atoms with E-state index in [4.69, 9.17) is 0 Å². The van der Waals surface area contributed by atoms with Crippen LogP contribution in [0.2, 0.25) is 0 Å². The highest BCUT2D eigenvalue weighted by Crippen LogP contribution is 2.28. The third-order valence-electron chi connectivity index (χ3n) is 3.14. The van der Waals surface area contributed by atoms with Gasteiger partial charge in [-0.2, -0.15) is 0 Å². The summed E-state index contributed by atoms with van der Waals surface area (Å²) in [5.74, 6) is -0.303. The average Bonchev–Trinajstić information content (AvgIpc) is 2.80. The number of aryl methyl sites for hydroxylation is 3. The molecule has 2 aromatic rings. The Bertz CT molecular complexity index is 617. The minimum atomic E-state index is -0.928. The molecule has 0 radical (unpaired) electrons. The minimum Gasteiger partial charge on any atom is -0.478 e. The summed E-state index contributed by atoms with van der Waals surface area (Å²) in [4.78, 5) is 11.5. The number of benzene rings is 1. The maximum absolute atomic E-state index is 11.5. The van der Waals surface area contributed by atoms with Crippen molar-refractivity contribution >= 4 is 5.97 Å². The van der Waals surface area contributed by atoms with Gasteiger partial charge in [-0.3, -0.25) is 0 Å². The van der Waals surface area contributed by atoms with Crippen molar-refractivity contribution in [3.63, 3.8) is 0 Å². The standard InChI is InChI=1S/C14H17N3O2/c1-4-7-17-8-15-16-13(17)11-9(2)5-6-10(3)12(11)14(18)19/h5-6,8H,4,7H2,1-3H3,(H,18,19). The fourth-order valence-corrected chi connectivity index (χ4v) is 2.23. The van der Waals surface area contributed by atoms with Crippen LogP contribution in [0, 0.1) is 13.8 Å². The van der Waals surface area contributed by atoms with Gasteiger partial charge in [0.15, 0.2) is 5.82 Å². The molecule has 2 rings (SSSR count). The number of hydrogen-bond acceptors (Lipinski definition) is 3. The van der Waals surface area contributed by atoms with Crippen LogP contribution in [0.5, 0.6) is 0 Å². The molecule has 1 aromatic carbocycles. The molecule has 1 aromatic heterocycles. The average molecular weight is 259 g/mol. The van der Waals surface area contributed by atoms with Crippen LogP contribution in [-0.2, 0) is 6.54 Å². The fourth-order valence-electron chi connectivity index (χ4n) is 2.23. The van der Waals surface area contributed by atoms with Gasteiger partial charge in [0, 0.05) is 12.1 Å². The van der Waals surface area contributed by atoms with E-state index in [1.807, 2.05) is 23.6 Å². The minimum absolute atomic E-state index is 0.311. The summed E-state index contributed by atoms with van der Waals surface area (Å²) in [6.45, 7) is 6.53. The summed E-state index contributed by atoms with van der Waals surface area (Å²) in [7, 11) is 0. The predicted octanol–water partition coefficient (Wildman–Crippen LogP) is 2.67. The van der Waals surface area contributed by atoms with Crippen LogP contribution in [0.25, 0.3) is 11.4 Å². The summed E-state index contributed by atoms with van der Waals surface area (Å²) in [6, 6.07) is 3.74. The quantitative estimate of drug-likeness (QED) is 0.916. The summed E-state index contributed by atoms with van der Waals surface area (Å²) < 4.78 is 1.90. The molecule has 0 atom stereocenters. The third kappa shape index (κ3) is 2.36. The molecule has 0 aliphatic rings. The smallest absolute Gasteiger partial charge is 0.336 e. The van der Waals surface area contributed by atoms with Gasteiger partial charge >= 0.3 is 5.97 Å². The number of nitrogens with zero attached hydrogens (tertiary/aromatic N) is 3. The number of carbonyl (C=O) groups is 1. The van der Waals surface area contributed by atoms with Crippen molar-refractivity contribution in [1.82, 2.24) is 14.8 Å². The lowest BCUT2D eigenvalue weighted by atomic mass is 9.96. The molecule has 0 bridgehead atoms. The number of carboxylic acid groups (broad SMARTS) is 1. The van der Waals surface area contributed by atoms with E-state index < -0.39 is 5.97 Å². The normalized spacial score (nSPS) is 10.7. The molecule has 0 saturated carbocycles. The largest absolute Gasteiger partial charge is 0.478 e. The maximum atomic E-state index is 11.5. The Balaban J connectivity index is 2.70. The zero-order valence-corrected chi connectivity index (χ0v) is 11.3. The van der Waals surface area contributed by atoms with E-state index in [0.29, 0.717) is 17.0 Å². The number of aromatic carboxylic acids is 1. The van der Waals surface area contributed by atoms with Crippen molar-refractivity contribution in [2.75, 3.05) is 0 Å². The first-order chi connectivity index (χ1) is 9.06. The Labute approximate surface area is 111 Å². The van der Waals surface area contributed by atoms with Gasteiger partial charge in [-0.05, 0) is 31.4 Å². The summed E-state index contributed by atoms with van der Waals surface area (Å²) in [5.41, 5.74) is 2.61. The SMILES string of the molecule is CCCn1cnnc1-c1c(C)ccc(C)c1C(=O)O. The van der Waals surface area contributed by atoms with E-state index in [9.17, 15) is 9.90 Å². The number of carboxylic acids is 1. The van der Waals surface area contributed by atoms with Crippen molar-refractivity contribution < 1.29 is 9.90 Å². The van der Waals surface area contributed by atoms with Crippen LogP contribution < -0.4 is 0 Å². The number of hydrogen-bond donors (Lipinski definition) is 1. The van der Waals surface area contributed by atoms with Crippen LogP contribution in [0.4, 0.5) is 0 Å². The van der Waals surface area contributed by atoms with Crippen molar-refractivity contribution in [2.24, 2.45) is 0 Å². The summed E-state index contributed by atoms with van der Waals surface area (Å²) in [5, 5.41) is 17.4. The molecule has 19 heavy (non-hydrogen) atoms. The Kier molecular flexibility index (Phi) is 3.64. The van der Waals surface area contributed by atoms with E-state index in [1.54, 1.807) is 13.3 Å². The number of rotatable bonds is 4. The second-order valence-corrected chi connectivity index (χ2v) is 4.60. The van der Waals surface area contributed by atoms with Crippen LogP contribution in [-0.4, -0.2) is 25.8 Å². The zero-order valence-electron chi connectivity index (χ0n) is 11.3. The van der Waals surface area contributed by atoms with E-state index in [0.717, 1.165) is 24.1 Å². The lowest BCUT2D eigenvalue weighted by molar-refractivity contribution is 0.0697. The molecule has 0 amide bonds. The number of aromatic nitrogens is 3. The predicted molar refractivity (Wildman–Crippen MR) is 72.2 cm³/mol. The molecule has 0 fully saturated rings. The third-order valence-corrected chi connectivity index (χ3v) is 3.14. The molecule has 5 nitrogen and oxygen atoms in total. The lowest BCUT2D eigenvalue weighted by Gasteiger charge is -2.13. The molecule has 0 unspecified atom stereocenters. The first-order valence-corrected chi connectivity index (χ1v) is 6.28. The van der Waals surface area contributed by atoms with Crippen LogP contribution in [0.1, 0.15) is 34.8 Å². The molecule has 100 valence electrons. The Morgan fingerprint density at radius 1 is 1.32 bits per heavy atom. The van der Waals surface area contributed by atoms with Crippen molar-refractivity contribution in [2.45, 2.75) is 33.7 Å². The molecule has 1 N–H and O–H groups in total.